The summed E-state index contributed by atoms with van der Waals surface area (Å²) in [5, 5.41) is 3.59. The Labute approximate surface area is 107 Å². The van der Waals surface area contributed by atoms with Crippen LogP contribution in [0.4, 0.5) is 8.78 Å². The topological polar surface area (TPSA) is 67.8 Å². The van der Waals surface area contributed by atoms with Gasteiger partial charge in [0, 0.05) is 5.56 Å². The average molecular weight is 318 g/mol. The second kappa shape index (κ2) is 4.81. The molecular weight excluding hydrogens is 312 g/mol. The van der Waals surface area contributed by atoms with Crippen molar-refractivity contribution in [1.82, 2.24) is 14.8 Å². The largest absolute Gasteiger partial charge is 0.345 e. The zero-order valence-electron chi connectivity index (χ0n) is 8.78. The van der Waals surface area contributed by atoms with Crippen LogP contribution in [0, 0.1) is 11.6 Å². The fourth-order valence-electron chi connectivity index (χ4n) is 1.35. The van der Waals surface area contributed by atoms with E-state index in [-0.39, 0.29) is 10.2 Å². The highest BCUT2D eigenvalue weighted by molar-refractivity contribution is 9.10. The standard InChI is InChI=1S/C10H6BrF2N3O2/c11-8-9(17)14-10(18)16(15-8)4-5-6(12)2-1-3-7(5)13/h1-3H,4H2,(H,14,17,18). The van der Waals surface area contributed by atoms with Crippen LogP contribution < -0.4 is 11.2 Å². The van der Waals surface area contributed by atoms with Crippen LogP contribution >= 0.6 is 15.9 Å². The zero-order chi connectivity index (χ0) is 13.3. The highest BCUT2D eigenvalue weighted by Crippen LogP contribution is 2.12. The van der Waals surface area contributed by atoms with Gasteiger partial charge in [-0.15, -0.1) is 0 Å². The van der Waals surface area contributed by atoms with Crippen molar-refractivity contribution in [1.29, 1.82) is 0 Å². The van der Waals surface area contributed by atoms with Crippen molar-refractivity contribution >= 4 is 15.9 Å². The molecule has 0 aliphatic carbocycles. The summed E-state index contributed by atoms with van der Waals surface area (Å²) < 4.78 is 27.4. The molecule has 0 amide bonds. The van der Waals surface area contributed by atoms with Crippen molar-refractivity contribution in [3.8, 4) is 0 Å². The minimum atomic E-state index is -0.842. The van der Waals surface area contributed by atoms with E-state index in [1.54, 1.807) is 0 Å². The maximum atomic E-state index is 13.4. The minimum Gasteiger partial charge on any atom is -0.270 e. The second-order valence-corrected chi connectivity index (χ2v) is 4.16. The van der Waals surface area contributed by atoms with Crippen LogP contribution in [0.25, 0.3) is 0 Å². The molecule has 1 heterocycles. The lowest BCUT2D eigenvalue weighted by atomic mass is 10.2. The minimum absolute atomic E-state index is 0.140. The smallest absolute Gasteiger partial charge is 0.270 e. The number of aromatic amines is 1. The molecule has 0 aliphatic heterocycles. The van der Waals surface area contributed by atoms with Gasteiger partial charge in [-0.05, 0) is 28.1 Å². The van der Waals surface area contributed by atoms with Gasteiger partial charge in [-0.2, -0.15) is 5.10 Å². The molecule has 5 nitrogen and oxygen atoms in total. The van der Waals surface area contributed by atoms with E-state index in [9.17, 15) is 18.4 Å². The SMILES string of the molecule is O=c1[nH]c(=O)n(Cc2c(F)cccc2F)nc1Br. The first-order valence-electron chi connectivity index (χ1n) is 4.79. The van der Waals surface area contributed by atoms with Crippen molar-refractivity contribution in [3.05, 3.63) is 60.8 Å². The summed E-state index contributed by atoms with van der Waals surface area (Å²) in [6.07, 6.45) is 0. The Morgan fingerprint density at radius 1 is 1.28 bits per heavy atom. The number of hydrogen-bond acceptors (Lipinski definition) is 3. The first kappa shape index (κ1) is 12.6. The third kappa shape index (κ3) is 2.37. The zero-order valence-corrected chi connectivity index (χ0v) is 10.4. The van der Waals surface area contributed by atoms with Crippen LogP contribution in [0.15, 0.2) is 32.4 Å². The van der Waals surface area contributed by atoms with Gasteiger partial charge in [0.2, 0.25) is 0 Å². The molecule has 8 heteroatoms. The van der Waals surface area contributed by atoms with Crippen LogP contribution in [0.1, 0.15) is 5.56 Å². The van der Waals surface area contributed by atoms with Crippen LogP contribution in [0.5, 0.6) is 0 Å². The number of benzene rings is 1. The van der Waals surface area contributed by atoms with Crippen LogP contribution in [-0.4, -0.2) is 14.8 Å². The molecule has 1 aromatic carbocycles. The van der Waals surface area contributed by atoms with Gasteiger partial charge in [0.15, 0.2) is 4.60 Å². The fourth-order valence-corrected chi connectivity index (χ4v) is 1.64. The normalized spacial score (nSPS) is 10.6. The molecule has 2 rings (SSSR count). The van der Waals surface area contributed by atoms with Crippen molar-refractivity contribution in [2.45, 2.75) is 6.54 Å². The molecule has 0 atom stereocenters. The fraction of sp³-hybridized carbons (Fsp3) is 0.100. The predicted octanol–water partition coefficient (Wildman–Crippen LogP) is 1.02. The average Bonchev–Trinajstić information content (AvgIpc) is 2.30. The highest BCUT2D eigenvalue weighted by atomic mass is 79.9. The number of nitrogens with zero attached hydrogens (tertiary/aromatic N) is 2. The van der Waals surface area contributed by atoms with Gasteiger partial charge in [0.25, 0.3) is 5.56 Å². The summed E-state index contributed by atoms with van der Waals surface area (Å²) in [4.78, 5) is 24.4. The molecule has 0 aliphatic rings. The second-order valence-electron chi connectivity index (χ2n) is 3.41. The lowest BCUT2D eigenvalue weighted by molar-refractivity contribution is 0.515. The van der Waals surface area contributed by atoms with E-state index < -0.39 is 29.4 Å². The van der Waals surface area contributed by atoms with Crippen molar-refractivity contribution in [2.24, 2.45) is 0 Å². The molecule has 0 bridgehead atoms. The third-order valence-electron chi connectivity index (χ3n) is 2.22. The molecule has 0 saturated carbocycles. The first-order valence-corrected chi connectivity index (χ1v) is 5.58. The Bertz CT molecular complexity index is 691. The third-order valence-corrected chi connectivity index (χ3v) is 2.74. The summed E-state index contributed by atoms with van der Waals surface area (Å²) >= 11 is 2.83. The van der Waals surface area contributed by atoms with Gasteiger partial charge >= 0.3 is 5.69 Å². The molecule has 0 saturated heterocycles. The van der Waals surface area contributed by atoms with E-state index in [1.807, 2.05) is 4.98 Å². The molecule has 0 radical (unpaired) electrons. The van der Waals surface area contributed by atoms with E-state index in [0.29, 0.717) is 0 Å². The molecule has 94 valence electrons. The van der Waals surface area contributed by atoms with E-state index >= 15 is 0 Å². The lowest BCUT2D eigenvalue weighted by Crippen LogP contribution is -2.33. The highest BCUT2D eigenvalue weighted by Gasteiger charge is 2.11. The Balaban J connectivity index is 2.50. The number of rotatable bonds is 2. The Morgan fingerprint density at radius 2 is 1.89 bits per heavy atom. The van der Waals surface area contributed by atoms with E-state index in [2.05, 4.69) is 21.0 Å². The maximum Gasteiger partial charge on any atom is 0.345 e. The number of halogens is 3. The summed E-state index contributed by atoms with van der Waals surface area (Å²) in [7, 11) is 0. The van der Waals surface area contributed by atoms with Crippen LogP contribution in [-0.2, 0) is 6.54 Å². The van der Waals surface area contributed by atoms with Gasteiger partial charge in [-0.3, -0.25) is 9.78 Å². The summed E-state index contributed by atoms with van der Waals surface area (Å²) in [6.45, 7) is -0.410. The van der Waals surface area contributed by atoms with Gasteiger partial charge in [-0.1, -0.05) is 6.07 Å². The Hall–Kier alpha value is -1.83. The Morgan fingerprint density at radius 3 is 2.50 bits per heavy atom. The molecule has 2 aromatic rings. The lowest BCUT2D eigenvalue weighted by Gasteiger charge is -2.06. The quantitative estimate of drug-likeness (QED) is 0.899. The Kier molecular flexibility index (Phi) is 3.37. The first-order chi connectivity index (χ1) is 8.49. The molecule has 0 spiro atoms. The number of H-pyrrole nitrogens is 1. The molecule has 1 N–H and O–H groups in total. The van der Waals surface area contributed by atoms with Crippen molar-refractivity contribution in [3.63, 3.8) is 0 Å². The molecular formula is C10H6BrF2N3O2. The number of hydrogen-bond donors (Lipinski definition) is 1. The van der Waals surface area contributed by atoms with E-state index in [4.69, 9.17) is 0 Å². The van der Waals surface area contributed by atoms with E-state index in [0.717, 1.165) is 16.8 Å². The van der Waals surface area contributed by atoms with Gasteiger partial charge in [0.05, 0.1) is 6.54 Å². The van der Waals surface area contributed by atoms with Crippen LogP contribution in [0.2, 0.25) is 0 Å². The summed E-state index contributed by atoms with van der Waals surface area (Å²) in [5.74, 6) is -1.57. The maximum absolute atomic E-state index is 13.4. The molecule has 18 heavy (non-hydrogen) atoms. The molecule has 0 unspecified atom stereocenters. The summed E-state index contributed by atoms with van der Waals surface area (Å²) in [5.41, 5.74) is -1.85. The van der Waals surface area contributed by atoms with Gasteiger partial charge < -0.3 is 0 Å². The van der Waals surface area contributed by atoms with Crippen molar-refractivity contribution < 1.29 is 8.78 Å². The molecule has 0 fully saturated rings. The summed E-state index contributed by atoms with van der Waals surface area (Å²) in [6, 6.07) is 3.36. The monoisotopic (exact) mass is 317 g/mol. The van der Waals surface area contributed by atoms with Crippen LogP contribution in [0.3, 0.4) is 0 Å². The molecule has 1 aromatic heterocycles. The van der Waals surface area contributed by atoms with Gasteiger partial charge in [-0.25, -0.2) is 18.3 Å². The number of aromatic nitrogens is 3. The van der Waals surface area contributed by atoms with E-state index in [1.165, 1.54) is 6.07 Å². The van der Waals surface area contributed by atoms with Gasteiger partial charge in [0.1, 0.15) is 11.6 Å². The van der Waals surface area contributed by atoms with Crippen molar-refractivity contribution in [2.75, 3.05) is 0 Å². The predicted molar refractivity (Wildman–Crippen MR) is 62.3 cm³/mol. The number of nitrogens with one attached hydrogen (secondary N) is 1.